The maximum Gasteiger partial charge on any atom is 0.132 e. The first-order valence-corrected chi connectivity index (χ1v) is 6.93. The smallest absolute Gasteiger partial charge is 0.132 e. The van der Waals surface area contributed by atoms with Crippen molar-refractivity contribution in [1.29, 1.82) is 0 Å². The molecule has 0 amide bonds. The van der Waals surface area contributed by atoms with E-state index in [-0.39, 0.29) is 5.56 Å². The van der Waals surface area contributed by atoms with Gasteiger partial charge in [0.1, 0.15) is 11.6 Å². The largest absolute Gasteiger partial charge is 0.271 e. The van der Waals surface area contributed by atoms with E-state index in [0.717, 1.165) is 0 Å². The second-order valence-electron chi connectivity index (χ2n) is 3.52. The first kappa shape index (κ1) is 13.9. The molecule has 1 aromatic heterocycles. The van der Waals surface area contributed by atoms with Crippen LogP contribution in [0, 0.1) is 11.6 Å². The van der Waals surface area contributed by atoms with Gasteiger partial charge in [0.2, 0.25) is 0 Å². The highest BCUT2D eigenvalue weighted by molar-refractivity contribution is 9.10. The molecule has 7 heteroatoms. The average molecular weight is 354 g/mol. The van der Waals surface area contributed by atoms with Crippen LogP contribution in [0.2, 0.25) is 5.02 Å². The zero-order chi connectivity index (χ0) is 13.3. The van der Waals surface area contributed by atoms with Crippen LogP contribution in [0.5, 0.6) is 0 Å². The minimum atomic E-state index is -0.814. The van der Waals surface area contributed by atoms with Gasteiger partial charge in [-0.3, -0.25) is 5.84 Å². The van der Waals surface area contributed by atoms with Crippen LogP contribution in [0.1, 0.15) is 16.5 Å². The molecule has 0 fully saturated rings. The van der Waals surface area contributed by atoms with Gasteiger partial charge in [-0.1, -0.05) is 27.5 Å². The Morgan fingerprint density at radius 3 is 2.39 bits per heavy atom. The number of halogens is 4. The Hall–Kier alpha value is -0.530. The predicted octanol–water partition coefficient (Wildman–Crippen LogP) is 3.99. The maximum absolute atomic E-state index is 13.9. The fourth-order valence-corrected chi connectivity index (χ4v) is 3.27. The predicted molar refractivity (Wildman–Crippen MR) is 72.6 cm³/mol. The zero-order valence-electron chi connectivity index (χ0n) is 8.88. The van der Waals surface area contributed by atoms with Crippen LogP contribution >= 0.6 is 38.9 Å². The number of hydrazine groups is 1. The lowest BCUT2D eigenvalue weighted by Crippen LogP contribution is -2.30. The van der Waals surface area contributed by atoms with Crippen LogP contribution in [0.3, 0.4) is 0 Å². The highest BCUT2D eigenvalue weighted by Crippen LogP contribution is 2.35. The Balaban J connectivity index is 2.56. The van der Waals surface area contributed by atoms with Gasteiger partial charge in [0.05, 0.1) is 11.1 Å². The van der Waals surface area contributed by atoms with Gasteiger partial charge in [-0.05, 0) is 23.6 Å². The van der Waals surface area contributed by atoms with Crippen molar-refractivity contribution < 1.29 is 8.78 Å². The molecule has 1 unspecified atom stereocenters. The van der Waals surface area contributed by atoms with E-state index < -0.39 is 17.7 Å². The number of nitrogens with two attached hydrogens (primary N) is 1. The Bertz CT molecular complexity index is 553. The molecule has 1 aromatic carbocycles. The quantitative estimate of drug-likeness (QED) is 0.647. The van der Waals surface area contributed by atoms with Gasteiger partial charge in [-0.2, -0.15) is 0 Å². The van der Waals surface area contributed by atoms with Gasteiger partial charge in [-0.15, -0.1) is 11.3 Å². The Morgan fingerprint density at radius 2 is 1.94 bits per heavy atom. The third kappa shape index (κ3) is 2.57. The summed E-state index contributed by atoms with van der Waals surface area (Å²) < 4.78 is 28.1. The maximum atomic E-state index is 13.9. The molecule has 2 nitrogen and oxygen atoms in total. The molecule has 0 saturated heterocycles. The Kier molecular flexibility index (Phi) is 4.34. The molecule has 1 heterocycles. The Labute approximate surface area is 120 Å². The van der Waals surface area contributed by atoms with Gasteiger partial charge < -0.3 is 0 Å². The third-order valence-electron chi connectivity index (χ3n) is 2.41. The number of rotatable bonds is 3. The fraction of sp³-hybridized carbons (Fsp3) is 0.0909. The lowest BCUT2D eigenvalue weighted by Gasteiger charge is -2.17. The average Bonchev–Trinajstić information content (AvgIpc) is 2.69. The van der Waals surface area contributed by atoms with Gasteiger partial charge >= 0.3 is 0 Å². The molecule has 18 heavy (non-hydrogen) atoms. The lowest BCUT2D eigenvalue weighted by atomic mass is 10.0. The summed E-state index contributed by atoms with van der Waals surface area (Å²) in [6.07, 6.45) is 0. The monoisotopic (exact) mass is 352 g/mol. The second kappa shape index (κ2) is 5.63. The molecule has 0 saturated carbocycles. The molecule has 1 atom stereocenters. The summed E-state index contributed by atoms with van der Waals surface area (Å²) in [5.41, 5.74) is 2.25. The van der Waals surface area contributed by atoms with Crippen molar-refractivity contribution in [2.75, 3.05) is 0 Å². The number of benzene rings is 1. The fourth-order valence-electron chi connectivity index (χ4n) is 1.63. The third-order valence-corrected chi connectivity index (χ3v) is 4.29. The summed E-state index contributed by atoms with van der Waals surface area (Å²) in [6, 6.07) is 3.21. The van der Waals surface area contributed by atoms with Crippen molar-refractivity contribution in [3.63, 3.8) is 0 Å². The number of hydrogen-bond acceptors (Lipinski definition) is 3. The minimum Gasteiger partial charge on any atom is -0.271 e. The molecule has 0 spiro atoms. The van der Waals surface area contributed by atoms with E-state index in [1.54, 1.807) is 11.4 Å². The summed E-state index contributed by atoms with van der Waals surface area (Å²) in [5, 5.41) is 2.15. The highest BCUT2D eigenvalue weighted by Gasteiger charge is 2.24. The molecular weight excluding hydrogens is 346 g/mol. The van der Waals surface area contributed by atoms with Crippen molar-refractivity contribution in [3.8, 4) is 0 Å². The normalized spacial score (nSPS) is 12.7. The van der Waals surface area contributed by atoms with E-state index in [2.05, 4.69) is 21.4 Å². The van der Waals surface area contributed by atoms with Crippen LogP contribution < -0.4 is 11.3 Å². The van der Waals surface area contributed by atoms with Crippen molar-refractivity contribution >= 4 is 38.9 Å². The molecule has 0 aliphatic rings. The van der Waals surface area contributed by atoms with E-state index in [0.29, 0.717) is 14.4 Å². The summed E-state index contributed by atoms with van der Waals surface area (Å²) in [4.78, 5) is 0.569. The molecular formula is C11H8BrClF2N2S. The van der Waals surface area contributed by atoms with Crippen LogP contribution in [0.15, 0.2) is 28.1 Å². The number of nitrogens with one attached hydrogen (secondary N) is 1. The standard InChI is InChI=1S/C11H8BrClF2N2S/c12-5-3-7(14)9(8(15)4-5)10(17-16)11-6(13)1-2-18-11/h1-4,10,17H,16H2. The zero-order valence-corrected chi connectivity index (χ0v) is 12.0. The number of hydrogen-bond donors (Lipinski definition) is 2. The summed E-state index contributed by atoms with van der Waals surface area (Å²) in [6.45, 7) is 0. The van der Waals surface area contributed by atoms with Crippen LogP contribution in [-0.2, 0) is 0 Å². The molecule has 0 aliphatic carbocycles. The topological polar surface area (TPSA) is 38.0 Å². The van der Waals surface area contributed by atoms with Crippen molar-refractivity contribution in [3.05, 3.63) is 55.1 Å². The number of thiophene rings is 1. The van der Waals surface area contributed by atoms with E-state index in [1.165, 1.54) is 23.5 Å². The Morgan fingerprint density at radius 1 is 1.33 bits per heavy atom. The van der Waals surface area contributed by atoms with E-state index in [4.69, 9.17) is 17.4 Å². The van der Waals surface area contributed by atoms with E-state index in [1.807, 2.05) is 0 Å². The summed E-state index contributed by atoms with van der Waals surface area (Å²) in [5.74, 6) is 4.02. The molecule has 0 bridgehead atoms. The summed E-state index contributed by atoms with van der Waals surface area (Å²) >= 11 is 10.3. The first-order chi connectivity index (χ1) is 8.54. The van der Waals surface area contributed by atoms with Crippen LogP contribution in [0.25, 0.3) is 0 Å². The highest BCUT2D eigenvalue weighted by atomic mass is 79.9. The lowest BCUT2D eigenvalue weighted by molar-refractivity contribution is 0.512. The second-order valence-corrected chi connectivity index (χ2v) is 5.79. The van der Waals surface area contributed by atoms with E-state index in [9.17, 15) is 8.78 Å². The SMILES string of the molecule is NNC(c1sccc1Cl)c1c(F)cc(Br)cc1F. The van der Waals surface area contributed by atoms with Crippen LogP contribution in [0.4, 0.5) is 8.78 Å². The van der Waals surface area contributed by atoms with E-state index >= 15 is 0 Å². The van der Waals surface area contributed by atoms with Gasteiger partial charge in [-0.25, -0.2) is 14.2 Å². The van der Waals surface area contributed by atoms with Crippen molar-refractivity contribution in [1.82, 2.24) is 5.43 Å². The summed E-state index contributed by atoms with van der Waals surface area (Å²) in [7, 11) is 0. The molecule has 0 radical (unpaired) electrons. The minimum absolute atomic E-state index is 0.148. The molecule has 96 valence electrons. The first-order valence-electron chi connectivity index (χ1n) is 4.88. The van der Waals surface area contributed by atoms with Crippen molar-refractivity contribution in [2.45, 2.75) is 6.04 Å². The van der Waals surface area contributed by atoms with Gasteiger partial charge in [0.25, 0.3) is 0 Å². The molecule has 2 rings (SSSR count). The molecule has 2 aromatic rings. The van der Waals surface area contributed by atoms with Crippen molar-refractivity contribution in [2.24, 2.45) is 5.84 Å². The van der Waals surface area contributed by atoms with Gasteiger partial charge in [0, 0.05) is 14.9 Å². The van der Waals surface area contributed by atoms with Crippen LogP contribution in [-0.4, -0.2) is 0 Å². The molecule has 0 aliphatic heterocycles. The van der Waals surface area contributed by atoms with Gasteiger partial charge in [0.15, 0.2) is 0 Å². The molecule has 3 N–H and O–H groups in total.